The van der Waals surface area contributed by atoms with Gasteiger partial charge in [-0.2, -0.15) is 0 Å². The van der Waals surface area contributed by atoms with Crippen LogP contribution in [0.4, 0.5) is 13.2 Å². The summed E-state index contributed by atoms with van der Waals surface area (Å²) in [6.07, 6.45) is 4.65. The summed E-state index contributed by atoms with van der Waals surface area (Å²) < 4.78 is 64.9. The first-order chi connectivity index (χ1) is 17.8. The summed E-state index contributed by atoms with van der Waals surface area (Å²) in [4.78, 5) is 5.02. The van der Waals surface area contributed by atoms with E-state index in [0.29, 0.717) is 12.3 Å². The molecule has 14 heteroatoms. The van der Waals surface area contributed by atoms with Gasteiger partial charge in [0.2, 0.25) is 0 Å². The van der Waals surface area contributed by atoms with Crippen molar-refractivity contribution < 1.29 is 31.9 Å². The fourth-order valence-electron chi connectivity index (χ4n) is 4.06. The minimum atomic E-state index is -1.58. The Morgan fingerprint density at radius 2 is 2.03 bits per heavy atom. The van der Waals surface area contributed by atoms with Crippen LogP contribution in [0.3, 0.4) is 0 Å². The van der Waals surface area contributed by atoms with Gasteiger partial charge >= 0.3 is 0 Å². The molecule has 0 saturated carbocycles. The average molecular weight is 600 g/mol. The Morgan fingerprint density at radius 1 is 1.24 bits per heavy atom. The second-order valence-electron chi connectivity index (χ2n) is 8.34. The lowest BCUT2D eigenvalue weighted by Crippen LogP contribution is -2.70. The van der Waals surface area contributed by atoms with Crippen LogP contribution in [-0.2, 0) is 20.8 Å². The molecule has 5 rings (SSSR count). The number of benzene rings is 1. The Morgan fingerprint density at radius 3 is 2.68 bits per heavy atom. The SMILES string of the molecule is N/C(=C\N(N)C1C2OCC2OC(Sc2cncc(Br)c2)C1OCc1ccon1)c1cc(F)c(F)c(F)c1. The Hall–Kier alpha value is -2.62. The van der Waals surface area contributed by atoms with E-state index in [1.807, 2.05) is 6.07 Å². The molecular formula is C23H21BrF3N5O4S. The Kier molecular flexibility index (Phi) is 7.74. The van der Waals surface area contributed by atoms with E-state index in [2.05, 4.69) is 26.1 Å². The molecule has 1 aromatic carbocycles. The molecular weight excluding hydrogens is 579 g/mol. The van der Waals surface area contributed by atoms with Gasteiger partial charge in [0.1, 0.15) is 41.7 Å². The number of hydrogen-bond donors (Lipinski definition) is 2. The summed E-state index contributed by atoms with van der Waals surface area (Å²) >= 11 is 4.81. The third-order valence-corrected chi connectivity index (χ3v) is 7.41. The topological polar surface area (TPSA) is 122 Å². The fourth-order valence-corrected chi connectivity index (χ4v) is 5.73. The van der Waals surface area contributed by atoms with Crippen molar-refractivity contribution in [3.8, 4) is 0 Å². The largest absolute Gasteiger partial charge is 0.397 e. The summed E-state index contributed by atoms with van der Waals surface area (Å²) in [5.74, 6) is 2.12. The van der Waals surface area contributed by atoms with E-state index in [4.69, 9.17) is 30.3 Å². The minimum Gasteiger partial charge on any atom is -0.397 e. The zero-order valence-electron chi connectivity index (χ0n) is 19.0. The number of hydrazine groups is 1. The first-order valence-corrected chi connectivity index (χ1v) is 12.7. The molecule has 4 N–H and O–H groups in total. The number of fused-ring (bicyclic) bond motifs is 1. The highest BCUT2D eigenvalue weighted by Crippen LogP contribution is 2.41. The first-order valence-electron chi connectivity index (χ1n) is 11.0. The molecule has 2 aromatic heterocycles. The van der Waals surface area contributed by atoms with Crippen molar-refractivity contribution in [2.24, 2.45) is 11.6 Å². The number of thioether (sulfide) groups is 1. The Labute approximate surface area is 222 Å². The normalized spacial score (nSPS) is 25.4. The molecule has 0 amide bonds. The highest BCUT2D eigenvalue weighted by Gasteiger charge is 2.54. The molecule has 37 heavy (non-hydrogen) atoms. The third-order valence-electron chi connectivity index (χ3n) is 5.87. The Balaban J connectivity index is 1.44. The van der Waals surface area contributed by atoms with Crippen LogP contribution in [0.2, 0.25) is 0 Å². The van der Waals surface area contributed by atoms with Crippen LogP contribution in [0, 0.1) is 17.5 Å². The number of halogens is 4. The smallest absolute Gasteiger partial charge is 0.194 e. The number of hydrogen-bond acceptors (Lipinski definition) is 10. The van der Waals surface area contributed by atoms with Gasteiger partial charge in [-0.1, -0.05) is 16.9 Å². The quantitative estimate of drug-likeness (QED) is 0.226. The van der Waals surface area contributed by atoms with Crippen molar-refractivity contribution in [3.05, 3.63) is 82.3 Å². The van der Waals surface area contributed by atoms with Crippen molar-refractivity contribution in [3.63, 3.8) is 0 Å². The molecule has 2 aliphatic heterocycles. The number of aromatic nitrogens is 2. The molecule has 2 saturated heterocycles. The van der Waals surface area contributed by atoms with E-state index in [0.717, 1.165) is 21.5 Å². The van der Waals surface area contributed by atoms with Crippen LogP contribution in [0.15, 0.2) is 63.0 Å². The molecule has 0 bridgehead atoms. The third kappa shape index (κ3) is 5.63. The van der Waals surface area contributed by atoms with E-state index >= 15 is 0 Å². The van der Waals surface area contributed by atoms with Gasteiger partial charge in [0.05, 0.1) is 18.9 Å². The standard InChI is InChI=1S/C23H21BrF3N5O4S/c24-12-5-14(7-30-6-12)37-23-22(33-9-13-1-2-35-31-13)20(21-18(36-23)10-34-21)32(29)8-17(28)11-3-15(25)19(27)16(26)4-11/h1-8,18,20-23H,9-10,28-29H2/b17-8-. The zero-order valence-corrected chi connectivity index (χ0v) is 21.4. The van der Waals surface area contributed by atoms with Gasteiger partial charge in [-0.3, -0.25) is 4.98 Å². The van der Waals surface area contributed by atoms with Gasteiger partial charge in [0.15, 0.2) is 17.5 Å². The van der Waals surface area contributed by atoms with Crippen molar-refractivity contribution in [1.82, 2.24) is 15.1 Å². The van der Waals surface area contributed by atoms with Crippen LogP contribution in [0.25, 0.3) is 5.70 Å². The summed E-state index contributed by atoms with van der Waals surface area (Å²) in [6.45, 7) is 0.444. The minimum absolute atomic E-state index is 0.0730. The second kappa shape index (κ2) is 11.0. The van der Waals surface area contributed by atoms with E-state index < -0.39 is 41.1 Å². The molecule has 9 nitrogen and oxygen atoms in total. The highest BCUT2D eigenvalue weighted by atomic mass is 79.9. The van der Waals surface area contributed by atoms with Crippen molar-refractivity contribution in [2.45, 2.75) is 41.3 Å². The molecule has 4 heterocycles. The maximum Gasteiger partial charge on any atom is 0.194 e. The van der Waals surface area contributed by atoms with Crippen molar-refractivity contribution in [1.29, 1.82) is 0 Å². The second-order valence-corrected chi connectivity index (χ2v) is 10.4. The number of rotatable bonds is 8. The van der Waals surface area contributed by atoms with Crippen LogP contribution < -0.4 is 11.6 Å². The predicted octanol–water partition coefficient (Wildman–Crippen LogP) is 3.55. The van der Waals surface area contributed by atoms with Gasteiger partial charge in [-0.25, -0.2) is 19.0 Å². The molecule has 5 atom stereocenters. The van der Waals surface area contributed by atoms with Crippen molar-refractivity contribution in [2.75, 3.05) is 6.61 Å². The number of nitrogens with zero attached hydrogens (tertiary/aromatic N) is 3. The number of ether oxygens (including phenoxy) is 3. The molecule has 0 radical (unpaired) electrons. The van der Waals surface area contributed by atoms with Crippen LogP contribution in [0.5, 0.6) is 0 Å². The molecule has 2 aliphatic rings. The summed E-state index contributed by atoms with van der Waals surface area (Å²) in [5, 5.41) is 5.15. The lowest BCUT2D eigenvalue weighted by atomic mass is 9.92. The van der Waals surface area contributed by atoms with Crippen LogP contribution in [-0.4, -0.2) is 51.5 Å². The van der Waals surface area contributed by atoms with E-state index in [1.54, 1.807) is 18.5 Å². The molecule has 196 valence electrons. The predicted molar refractivity (Wildman–Crippen MR) is 130 cm³/mol. The van der Waals surface area contributed by atoms with Gasteiger partial charge < -0.3 is 29.5 Å². The van der Waals surface area contributed by atoms with Gasteiger partial charge in [0.25, 0.3) is 0 Å². The zero-order chi connectivity index (χ0) is 26.1. The lowest BCUT2D eigenvalue weighted by Gasteiger charge is -2.53. The number of nitrogens with two attached hydrogens (primary N) is 2. The van der Waals surface area contributed by atoms with E-state index in [1.165, 1.54) is 29.2 Å². The summed E-state index contributed by atoms with van der Waals surface area (Å²) in [7, 11) is 0. The van der Waals surface area contributed by atoms with E-state index in [-0.39, 0.29) is 24.0 Å². The van der Waals surface area contributed by atoms with Gasteiger partial charge in [-0.15, -0.1) is 0 Å². The maximum absolute atomic E-state index is 13.8. The van der Waals surface area contributed by atoms with Crippen molar-refractivity contribution >= 4 is 33.4 Å². The monoisotopic (exact) mass is 599 g/mol. The fraction of sp³-hybridized carbons (Fsp3) is 0.304. The van der Waals surface area contributed by atoms with Crippen LogP contribution >= 0.6 is 27.7 Å². The summed E-state index contributed by atoms with van der Waals surface area (Å²) in [6, 6.07) is 4.52. The molecule has 0 spiro atoms. The molecule has 2 fully saturated rings. The molecule has 0 aliphatic carbocycles. The van der Waals surface area contributed by atoms with Gasteiger partial charge in [-0.05, 0) is 34.1 Å². The maximum atomic E-state index is 13.8. The first kappa shape index (κ1) is 26.0. The van der Waals surface area contributed by atoms with E-state index in [9.17, 15) is 13.2 Å². The molecule has 5 unspecified atom stereocenters. The van der Waals surface area contributed by atoms with Gasteiger partial charge in [0, 0.05) is 39.6 Å². The number of pyridine rings is 1. The summed E-state index contributed by atoms with van der Waals surface area (Å²) in [5.41, 5.74) is 5.94. The molecule has 3 aromatic rings. The highest BCUT2D eigenvalue weighted by molar-refractivity contribution is 9.10. The lowest BCUT2D eigenvalue weighted by molar-refractivity contribution is -0.277. The Bertz CT molecular complexity index is 1260. The average Bonchev–Trinajstić information content (AvgIpc) is 3.36. The van der Waals surface area contributed by atoms with Crippen LogP contribution in [0.1, 0.15) is 11.3 Å².